The van der Waals surface area contributed by atoms with Gasteiger partial charge in [-0.25, -0.2) is 0 Å². The summed E-state index contributed by atoms with van der Waals surface area (Å²) in [6, 6.07) is 3.43. The summed E-state index contributed by atoms with van der Waals surface area (Å²) >= 11 is 0. The second-order valence-electron chi connectivity index (χ2n) is 5.69. The van der Waals surface area contributed by atoms with Crippen LogP contribution >= 0.6 is 0 Å². The molecule has 23 heavy (non-hydrogen) atoms. The van der Waals surface area contributed by atoms with Crippen LogP contribution in [-0.2, 0) is 22.3 Å². The Morgan fingerprint density at radius 1 is 1.30 bits per heavy atom. The van der Waals surface area contributed by atoms with Gasteiger partial charge in [-0.15, -0.1) is 0 Å². The minimum Gasteiger partial charge on any atom is -0.350 e. The van der Waals surface area contributed by atoms with Gasteiger partial charge in [-0.05, 0) is 43.0 Å². The Kier molecular flexibility index (Phi) is 5.28. The molecule has 1 aromatic rings. The summed E-state index contributed by atoms with van der Waals surface area (Å²) < 4.78 is 37.8. The van der Waals surface area contributed by atoms with Crippen LogP contribution in [0.5, 0.6) is 0 Å². The molecule has 1 aromatic carbocycles. The average molecular weight is 328 g/mol. The van der Waals surface area contributed by atoms with E-state index in [1.807, 2.05) is 0 Å². The van der Waals surface area contributed by atoms with Crippen LogP contribution in [0.25, 0.3) is 0 Å². The minimum absolute atomic E-state index is 0.00147. The molecule has 126 valence electrons. The van der Waals surface area contributed by atoms with Crippen molar-refractivity contribution in [1.29, 1.82) is 0 Å². The summed E-state index contributed by atoms with van der Waals surface area (Å²) in [5.74, 6) is -0.336. The Morgan fingerprint density at radius 2 is 2.04 bits per heavy atom. The number of benzene rings is 1. The molecule has 0 bridgehead atoms. The van der Waals surface area contributed by atoms with Crippen molar-refractivity contribution in [2.75, 3.05) is 13.1 Å². The molecular formula is C16H19F3N2O2. The fourth-order valence-electron chi connectivity index (χ4n) is 2.52. The van der Waals surface area contributed by atoms with Crippen LogP contribution in [0.15, 0.2) is 18.2 Å². The summed E-state index contributed by atoms with van der Waals surface area (Å²) in [7, 11) is 0. The van der Waals surface area contributed by atoms with Crippen molar-refractivity contribution in [1.82, 2.24) is 10.2 Å². The van der Waals surface area contributed by atoms with Crippen molar-refractivity contribution in [2.45, 2.75) is 38.9 Å². The number of amides is 2. The zero-order valence-electron chi connectivity index (χ0n) is 12.9. The fraction of sp³-hybridized carbons (Fsp3) is 0.500. The van der Waals surface area contributed by atoms with E-state index in [0.29, 0.717) is 24.1 Å². The lowest BCUT2D eigenvalue weighted by molar-refractivity contribution is -0.138. The van der Waals surface area contributed by atoms with Gasteiger partial charge in [0, 0.05) is 19.5 Å². The molecular weight excluding hydrogens is 309 g/mol. The van der Waals surface area contributed by atoms with E-state index in [1.165, 1.54) is 11.0 Å². The van der Waals surface area contributed by atoms with E-state index in [0.717, 1.165) is 25.0 Å². The summed E-state index contributed by atoms with van der Waals surface area (Å²) in [6.45, 7) is 2.29. The highest BCUT2D eigenvalue weighted by atomic mass is 19.4. The highest BCUT2D eigenvalue weighted by Gasteiger charge is 2.30. The third-order valence-electron chi connectivity index (χ3n) is 3.90. The van der Waals surface area contributed by atoms with Crippen LogP contribution in [0.3, 0.4) is 0 Å². The molecule has 1 heterocycles. The first-order valence-electron chi connectivity index (χ1n) is 7.48. The summed E-state index contributed by atoms with van der Waals surface area (Å²) in [6.07, 6.45) is -2.18. The molecule has 1 aliphatic heterocycles. The smallest absolute Gasteiger partial charge is 0.350 e. The molecule has 1 N–H and O–H groups in total. The molecule has 4 nitrogen and oxygen atoms in total. The molecule has 0 aromatic heterocycles. The number of carbonyl (C=O) groups is 2. The molecule has 0 saturated carbocycles. The van der Waals surface area contributed by atoms with Crippen molar-refractivity contribution >= 4 is 11.8 Å². The minimum atomic E-state index is -4.37. The predicted octanol–water partition coefficient (Wildman–Crippen LogP) is 2.64. The number of nitrogens with one attached hydrogen (secondary N) is 1. The number of alkyl halides is 3. The van der Waals surface area contributed by atoms with Gasteiger partial charge in [0.1, 0.15) is 0 Å². The van der Waals surface area contributed by atoms with E-state index in [-0.39, 0.29) is 24.9 Å². The van der Waals surface area contributed by atoms with E-state index in [1.54, 1.807) is 6.92 Å². The third kappa shape index (κ3) is 4.71. The third-order valence-corrected chi connectivity index (χ3v) is 3.90. The van der Waals surface area contributed by atoms with E-state index >= 15 is 0 Å². The van der Waals surface area contributed by atoms with Gasteiger partial charge >= 0.3 is 6.18 Å². The van der Waals surface area contributed by atoms with Crippen molar-refractivity contribution in [2.24, 2.45) is 0 Å². The zero-order valence-corrected chi connectivity index (χ0v) is 12.9. The number of nitrogens with zero attached hydrogens (tertiary/aromatic N) is 1. The van der Waals surface area contributed by atoms with Crippen LogP contribution in [-0.4, -0.2) is 29.8 Å². The molecule has 1 fully saturated rings. The van der Waals surface area contributed by atoms with Crippen molar-refractivity contribution < 1.29 is 22.8 Å². The number of piperidine rings is 1. The van der Waals surface area contributed by atoms with Crippen LogP contribution in [0.1, 0.15) is 36.0 Å². The van der Waals surface area contributed by atoms with Gasteiger partial charge in [-0.1, -0.05) is 6.07 Å². The summed E-state index contributed by atoms with van der Waals surface area (Å²) in [4.78, 5) is 25.0. The first-order valence-corrected chi connectivity index (χ1v) is 7.48. The van der Waals surface area contributed by atoms with Crippen molar-refractivity contribution in [3.63, 3.8) is 0 Å². The molecule has 1 saturated heterocycles. The molecule has 2 amide bonds. The van der Waals surface area contributed by atoms with Crippen molar-refractivity contribution in [3.05, 3.63) is 34.9 Å². The van der Waals surface area contributed by atoms with Gasteiger partial charge in [0.15, 0.2) is 0 Å². The van der Waals surface area contributed by atoms with Crippen LogP contribution < -0.4 is 5.32 Å². The number of likely N-dealkylation sites (tertiary alicyclic amines) is 1. The maximum absolute atomic E-state index is 12.6. The zero-order chi connectivity index (χ0) is 17.0. The van der Waals surface area contributed by atoms with Gasteiger partial charge in [0.2, 0.25) is 11.8 Å². The van der Waals surface area contributed by atoms with E-state index in [2.05, 4.69) is 5.32 Å². The summed E-state index contributed by atoms with van der Waals surface area (Å²) in [5.41, 5.74) is 0.384. The van der Waals surface area contributed by atoms with Gasteiger partial charge < -0.3 is 10.2 Å². The summed E-state index contributed by atoms with van der Waals surface area (Å²) in [5, 5.41) is 2.65. The maximum atomic E-state index is 12.6. The predicted molar refractivity (Wildman–Crippen MR) is 78.5 cm³/mol. The lowest BCUT2D eigenvalue weighted by atomic mass is 10.0. The second kappa shape index (κ2) is 7.02. The number of hydrogen-bond acceptors (Lipinski definition) is 2. The molecule has 1 aliphatic rings. The lowest BCUT2D eigenvalue weighted by Gasteiger charge is -2.26. The Bertz CT molecular complexity index is 599. The number of carbonyl (C=O) groups excluding carboxylic acids is 2. The first kappa shape index (κ1) is 17.3. The quantitative estimate of drug-likeness (QED) is 0.924. The molecule has 7 heteroatoms. The van der Waals surface area contributed by atoms with Crippen molar-refractivity contribution in [3.8, 4) is 0 Å². The number of hydrogen-bond donors (Lipinski definition) is 1. The second-order valence-corrected chi connectivity index (χ2v) is 5.69. The Hall–Kier alpha value is -2.05. The standard InChI is InChI=1S/C16H19F3N2O2/c1-11-8-13(16(17,18)19)6-5-12(11)9-20-14(22)10-21-7-3-2-4-15(21)23/h5-6,8H,2-4,7,9-10H2,1H3,(H,20,22). The van der Waals surface area contributed by atoms with Crippen LogP contribution in [0.4, 0.5) is 13.2 Å². The fourth-order valence-corrected chi connectivity index (χ4v) is 2.52. The number of rotatable bonds is 4. The van der Waals surface area contributed by atoms with Gasteiger partial charge in [-0.3, -0.25) is 9.59 Å². The molecule has 2 rings (SSSR count). The van der Waals surface area contributed by atoms with Gasteiger partial charge in [0.25, 0.3) is 0 Å². The molecule has 0 radical (unpaired) electrons. The van der Waals surface area contributed by atoms with E-state index in [4.69, 9.17) is 0 Å². The Labute approximate surface area is 132 Å². The Balaban J connectivity index is 1.90. The average Bonchev–Trinajstić information content (AvgIpc) is 2.47. The molecule has 0 spiro atoms. The lowest BCUT2D eigenvalue weighted by Crippen LogP contribution is -2.42. The Morgan fingerprint density at radius 3 is 2.65 bits per heavy atom. The highest BCUT2D eigenvalue weighted by molar-refractivity contribution is 5.85. The first-order chi connectivity index (χ1) is 10.8. The van der Waals surface area contributed by atoms with Gasteiger partial charge in [-0.2, -0.15) is 13.2 Å². The maximum Gasteiger partial charge on any atom is 0.416 e. The van der Waals surface area contributed by atoms with Gasteiger partial charge in [0.05, 0.1) is 12.1 Å². The molecule has 0 aliphatic carbocycles. The van der Waals surface area contributed by atoms with E-state index in [9.17, 15) is 22.8 Å². The largest absolute Gasteiger partial charge is 0.416 e. The van der Waals surface area contributed by atoms with Crippen LogP contribution in [0, 0.1) is 6.92 Å². The van der Waals surface area contributed by atoms with E-state index < -0.39 is 11.7 Å². The number of halogens is 3. The number of aryl methyl sites for hydroxylation is 1. The monoisotopic (exact) mass is 328 g/mol. The highest BCUT2D eigenvalue weighted by Crippen LogP contribution is 2.30. The van der Waals surface area contributed by atoms with Crippen LogP contribution in [0.2, 0.25) is 0 Å². The SMILES string of the molecule is Cc1cc(C(F)(F)F)ccc1CNC(=O)CN1CCCCC1=O. The topological polar surface area (TPSA) is 49.4 Å². The molecule has 0 atom stereocenters. The normalized spacial score (nSPS) is 15.7. The molecule has 0 unspecified atom stereocenters.